The summed E-state index contributed by atoms with van der Waals surface area (Å²) in [5.41, 5.74) is 9.27. The molecule has 1 aromatic heterocycles. The maximum absolute atomic E-state index is 11.9. The number of methoxy groups -OCH3 is 1. The molecule has 0 aliphatic heterocycles. The summed E-state index contributed by atoms with van der Waals surface area (Å²) in [6, 6.07) is 4.66. The maximum atomic E-state index is 11.9. The molecule has 0 aliphatic carbocycles. The smallest absolute Gasteiger partial charge is 0.326 e. The molecular weight excluding hydrogens is 600 g/mol. The number of aromatic nitrogens is 2. The van der Waals surface area contributed by atoms with Crippen molar-refractivity contribution >= 4 is 33.5 Å². The number of carboxylic acids is 1. The number of benzene rings is 1. The van der Waals surface area contributed by atoms with E-state index < -0.39 is 28.1 Å². The number of nitrogen functional groups attached to an aromatic ring is 1. The van der Waals surface area contributed by atoms with E-state index in [9.17, 15) is 28.2 Å². The number of carbonyl (C=O) groups is 2. The lowest BCUT2D eigenvalue weighted by Gasteiger charge is -2.22. The molecule has 45 heavy (non-hydrogen) atoms. The Morgan fingerprint density at radius 1 is 1.11 bits per heavy atom. The van der Waals surface area contributed by atoms with Crippen LogP contribution in [0.15, 0.2) is 18.2 Å². The molecule has 0 aliphatic rings. The van der Waals surface area contributed by atoms with Crippen molar-refractivity contribution in [3.63, 3.8) is 0 Å². The van der Waals surface area contributed by atoms with Gasteiger partial charge in [0.1, 0.15) is 33.7 Å². The molecule has 2 aromatic rings. The summed E-state index contributed by atoms with van der Waals surface area (Å²) in [6.45, 7) is 5.71. The molecule has 0 radical (unpaired) electrons. The van der Waals surface area contributed by atoms with E-state index in [0.29, 0.717) is 62.3 Å². The van der Waals surface area contributed by atoms with Gasteiger partial charge in [0.15, 0.2) is 0 Å². The first-order valence-corrected chi connectivity index (χ1v) is 17.4. The minimum absolute atomic E-state index is 0.0649. The van der Waals surface area contributed by atoms with Gasteiger partial charge in [0, 0.05) is 43.3 Å². The molecule has 2 rings (SSSR count). The van der Waals surface area contributed by atoms with Crippen LogP contribution in [0, 0.1) is 6.92 Å². The van der Waals surface area contributed by atoms with Gasteiger partial charge in [0.25, 0.3) is 0 Å². The number of hydrogen-bond donors (Lipinski definition) is 6. The third-order valence-electron chi connectivity index (χ3n) is 7.43. The summed E-state index contributed by atoms with van der Waals surface area (Å²) in [6.07, 6.45) is 5.79. The first kappa shape index (κ1) is 37.7. The quantitative estimate of drug-likeness (QED) is 0.0852. The summed E-state index contributed by atoms with van der Waals surface area (Å²) in [7, 11) is -1.54. The van der Waals surface area contributed by atoms with E-state index in [-0.39, 0.29) is 23.7 Å². The highest BCUT2D eigenvalue weighted by Crippen LogP contribution is 2.29. The van der Waals surface area contributed by atoms with Gasteiger partial charge in [-0.05, 0) is 62.8 Å². The van der Waals surface area contributed by atoms with Crippen molar-refractivity contribution in [3.8, 4) is 5.75 Å². The van der Waals surface area contributed by atoms with Crippen molar-refractivity contribution in [1.29, 1.82) is 0 Å². The number of aryl methyl sites for hydroxylation is 1. The van der Waals surface area contributed by atoms with E-state index in [0.717, 1.165) is 36.0 Å². The number of unbranched alkanes of at least 4 members (excludes halogenated alkanes) is 2. The number of amides is 1. The Kier molecular flexibility index (Phi) is 15.5. The van der Waals surface area contributed by atoms with Crippen LogP contribution in [0.3, 0.4) is 0 Å². The van der Waals surface area contributed by atoms with Gasteiger partial charge >= 0.3 is 5.97 Å². The summed E-state index contributed by atoms with van der Waals surface area (Å²) in [4.78, 5) is 31.3. The highest BCUT2D eigenvalue weighted by Gasteiger charge is 2.20. The minimum Gasteiger partial charge on any atom is -0.496 e. The second kappa shape index (κ2) is 18.5. The largest absolute Gasteiger partial charge is 0.496 e. The van der Waals surface area contributed by atoms with Gasteiger partial charge in [0.05, 0.1) is 12.9 Å². The number of rotatable bonds is 21. The van der Waals surface area contributed by atoms with Crippen molar-refractivity contribution in [3.05, 3.63) is 40.6 Å². The normalized spacial score (nSPS) is 13.6. The van der Waals surface area contributed by atoms with Gasteiger partial charge in [-0.2, -0.15) is 4.98 Å². The Morgan fingerprint density at radius 3 is 2.47 bits per heavy atom. The Bertz CT molecular complexity index is 1370. The fourth-order valence-corrected chi connectivity index (χ4v) is 5.78. The number of aliphatic carboxylic acids is 1. The van der Waals surface area contributed by atoms with Crippen LogP contribution in [0.4, 0.5) is 11.8 Å². The van der Waals surface area contributed by atoms with Crippen molar-refractivity contribution < 1.29 is 33.0 Å². The third kappa shape index (κ3) is 14.0. The Balaban J connectivity index is 2.14. The van der Waals surface area contributed by atoms with E-state index in [1.54, 1.807) is 7.11 Å². The summed E-state index contributed by atoms with van der Waals surface area (Å²) >= 11 is 0. The highest BCUT2D eigenvalue weighted by molar-refractivity contribution is 7.90. The number of anilines is 2. The number of hydrogen-bond acceptors (Lipinski definition) is 11. The SMILES string of the molecule is CCCC[C@@H](CCS(C)(=O)=O)Nc1nc(N)nc(C)c1Cc1cc(CC(O)NCCCC[C@H](NC(C)=O)C(=O)O)ccc1OC. The van der Waals surface area contributed by atoms with E-state index in [4.69, 9.17) is 10.5 Å². The monoisotopic (exact) mass is 650 g/mol. The predicted molar refractivity (Wildman–Crippen MR) is 175 cm³/mol. The third-order valence-corrected chi connectivity index (χ3v) is 8.41. The fourth-order valence-electron chi connectivity index (χ4n) is 5.07. The van der Waals surface area contributed by atoms with E-state index in [1.807, 2.05) is 25.1 Å². The van der Waals surface area contributed by atoms with E-state index in [2.05, 4.69) is 32.8 Å². The van der Waals surface area contributed by atoms with Crippen LogP contribution < -0.4 is 26.4 Å². The standard InChI is InChI=1S/C31H50N6O7S/c1-6-7-10-24(14-16-45(5,42)43)36-29-25(20(2)34-31(32)37-29)19-23-17-22(12-13-27(23)44-4)18-28(39)33-15-9-8-11-26(30(40)41)35-21(3)38/h12-13,17,24,26,28,33,39H,6-11,14-16,18-19H2,1-5H3,(H,35,38)(H,40,41)(H3,32,34,36,37)/t24-,26-,28?/m0/s1. The number of ether oxygens (including phenoxy) is 1. The summed E-state index contributed by atoms with van der Waals surface area (Å²) < 4.78 is 29.4. The number of carbonyl (C=O) groups excluding carboxylic acids is 1. The Labute approximate surface area is 266 Å². The molecule has 1 heterocycles. The van der Waals surface area contributed by atoms with Crippen LogP contribution in [0.2, 0.25) is 0 Å². The lowest BCUT2D eigenvalue weighted by atomic mass is 9.99. The van der Waals surface area contributed by atoms with Crippen molar-refractivity contribution in [1.82, 2.24) is 20.6 Å². The van der Waals surface area contributed by atoms with Crippen molar-refractivity contribution in [2.45, 2.75) is 96.9 Å². The first-order valence-electron chi connectivity index (χ1n) is 15.4. The molecule has 7 N–H and O–H groups in total. The van der Waals surface area contributed by atoms with Crippen LogP contribution in [-0.4, -0.2) is 84.5 Å². The maximum Gasteiger partial charge on any atom is 0.326 e. The summed E-state index contributed by atoms with van der Waals surface area (Å²) in [5, 5.41) is 28.8. The minimum atomic E-state index is -3.13. The van der Waals surface area contributed by atoms with Gasteiger partial charge in [-0.25, -0.2) is 18.2 Å². The molecule has 1 amide bonds. The van der Waals surface area contributed by atoms with Gasteiger partial charge in [-0.1, -0.05) is 31.9 Å². The van der Waals surface area contributed by atoms with Gasteiger partial charge in [-0.3, -0.25) is 10.1 Å². The number of nitrogens with one attached hydrogen (secondary N) is 3. The Morgan fingerprint density at radius 2 is 1.84 bits per heavy atom. The van der Waals surface area contributed by atoms with Crippen LogP contribution in [0.25, 0.3) is 0 Å². The van der Waals surface area contributed by atoms with Crippen LogP contribution >= 0.6 is 0 Å². The second-order valence-electron chi connectivity index (χ2n) is 11.5. The van der Waals surface area contributed by atoms with Crippen LogP contribution in [-0.2, 0) is 32.3 Å². The zero-order valence-electron chi connectivity index (χ0n) is 27.1. The van der Waals surface area contributed by atoms with Crippen molar-refractivity contribution in [2.75, 3.05) is 36.7 Å². The molecule has 0 saturated carbocycles. The first-order chi connectivity index (χ1) is 21.2. The molecule has 252 valence electrons. The number of nitrogens with two attached hydrogens (primary N) is 1. The van der Waals surface area contributed by atoms with Crippen molar-refractivity contribution in [2.24, 2.45) is 0 Å². The highest BCUT2D eigenvalue weighted by atomic mass is 32.2. The number of carboxylic acid groups (broad SMARTS) is 1. The second-order valence-corrected chi connectivity index (χ2v) is 13.7. The van der Waals surface area contributed by atoms with E-state index >= 15 is 0 Å². The topological polar surface area (TPSA) is 206 Å². The summed E-state index contributed by atoms with van der Waals surface area (Å²) in [5.74, 6) is -0.0419. The fraction of sp³-hybridized carbons (Fsp3) is 0.613. The molecule has 0 fully saturated rings. The number of sulfone groups is 1. The number of aliphatic hydroxyl groups excluding tert-OH is 1. The van der Waals surface area contributed by atoms with Gasteiger partial charge in [0.2, 0.25) is 11.9 Å². The lowest BCUT2D eigenvalue weighted by molar-refractivity contribution is -0.141. The zero-order chi connectivity index (χ0) is 33.6. The van der Waals surface area contributed by atoms with Crippen LogP contribution in [0.5, 0.6) is 5.75 Å². The average Bonchev–Trinajstić information content (AvgIpc) is 2.94. The molecule has 0 spiro atoms. The molecule has 1 aromatic carbocycles. The Hall–Kier alpha value is -3.49. The number of nitrogens with zero attached hydrogens (tertiary/aromatic N) is 2. The lowest BCUT2D eigenvalue weighted by Crippen LogP contribution is -2.39. The molecule has 3 atom stereocenters. The molecular formula is C31H50N6O7S. The molecule has 13 nitrogen and oxygen atoms in total. The molecule has 1 unspecified atom stereocenters. The van der Waals surface area contributed by atoms with Gasteiger partial charge in [-0.15, -0.1) is 0 Å². The van der Waals surface area contributed by atoms with Crippen LogP contribution in [0.1, 0.15) is 81.2 Å². The van der Waals surface area contributed by atoms with E-state index in [1.165, 1.54) is 13.2 Å². The molecule has 0 bridgehead atoms. The molecule has 0 saturated heterocycles. The molecule has 14 heteroatoms. The predicted octanol–water partition coefficient (Wildman–Crippen LogP) is 2.58. The average molecular weight is 651 g/mol. The number of aliphatic hydroxyl groups is 1. The van der Waals surface area contributed by atoms with Gasteiger partial charge < -0.3 is 31.3 Å². The zero-order valence-corrected chi connectivity index (χ0v) is 27.9.